The second-order valence-corrected chi connectivity index (χ2v) is 4.27. The Morgan fingerprint density at radius 3 is 2.56 bits per heavy atom. The van der Waals surface area contributed by atoms with Gasteiger partial charge in [-0.3, -0.25) is 9.59 Å². The minimum absolute atomic E-state index is 0.181. The number of carboxylic acids is 1. The van der Waals surface area contributed by atoms with Crippen molar-refractivity contribution in [3.05, 3.63) is 0 Å². The fourth-order valence-electron chi connectivity index (χ4n) is 2.21. The molecular formula is C12H17NO3. The predicted molar refractivity (Wildman–Crippen MR) is 59.5 cm³/mol. The van der Waals surface area contributed by atoms with E-state index in [0.29, 0.717) is 25.3 Å². The van der Waals surface area contributed by atoms with Gasteiger partial charge in [0.25, 0.3) is 0 Å². The Balaban J connectivity index is 2.58. The number of carboxylic acid groups (broad SMARTS) is 1. The highest BCUT2D eigenvalue weighted by atomic mass is 16.4. The van der Waals surface area contributed by atoms with Crippen LogP contribution in [0.15, 0.2) is 0 Å². The molecule has 4 heteroatoms. The van der Waals surface area contributed by atoms with Gasteiger partial charge in [0, 0.05) is 0 Å². The van der Waals surface area contributed by atoms with Gasteiger partial charge in [0.2, 0.25) is 5.91 Å². The molecule has 0 aliphatic heterocycles. The molecule has 88 valence electrons. The van der Waals surface area contributed by atoms with E-state index in [2.05, 4.69) is 17.2 Å². The lowest BCUT2D eigenvalue weighted by atomic mass is 9.95. The van der Waals surface area contributed by atoms with Crippen LogP contribution in [0, 0.1) is 29.6 Å². The lowest BCUT2D eigenvalue weighted by Gasteiger charge is -2.14. The summed E-state index contributed by atoms with van der Waals surface area (Å²) >= 11 is 0. The molecule has 3 unspecified atom stereocenters. The first kappa shape index (κ1) is 12.6. The minimum Gasteiger partial charge on any atom is -0.481 e. The van der Waals surface area contributed by atoms with E-state index in [0.717, 1.165) is 0 Å². The zero-order valence-electron chi connectivity index (χ0n) is 9.62. The van der Waals surface area contributed by atoms with Gasteiger partial charge in [0.15, 0.2) is 0 Å². The van der Waals surface area contributed by atoms with Crippen molar-refractivity contribution in [3.63, 3.8) is 0 Å². The van der Waals surface area contributed by atoms with Crippen LogP contribution in [0.25, 0.3) is 0 Å². The molecule has 0 spiro atoms. The lowest BCUT2D eigenvalue weighted by Crippen LogP contribution is -2.35. The molecule has 0 saturated heterocycles. The van der Waals surface area contributed by atoms with Crippen LogP contribution in [0.1, 0.15) is 26.7 Å². The SMILES string of the molecule is CC#CCNC(=O)C1CC(C)CC1C(=O)O. The van der Waals surface area contributed by atoms with E-state index >= 15 is 0 Å². The molecule has 1 fully saturated rings. The van der Waals surface area contributed by atoms with Crippen LogP contribution in [0.5, 0.6) is 0 Å². The summed E-state index contributed by atoms with van der Waals surface area (Å²) in [4.78, 5) is 22.7. The van der Waals surface area contributed by atoms with Gasteiger partial charge in [-0.05, 0) is 25.7 Å². The van der Waals surface area contributed by atoms with Gasteiger partial charge in [-0.25, -0.2) is 0 Å². The summed E-state index contributed by atoms with van der Waals surface area (Å²) < 4.78 is 0. The van der Waals surface area contributed by atoms with Crippen LogP contribution in [0.2, 0.25) is 0 Å². The molecule has 2 N–H and O–H groups in total. The second kappa shape index (κ2) is 5.55. The van der Waals surface area contributed by atoms with Crippen molar-refractivity contribution in [2.24, 2.45) is 17.8 Å². The van der Waals surface area contributed by atoms with Crippen LogP contribution in [0.3, 0.4) is 0 Å². The van der Waals surface area contributed by atoms with Crippen LogP contribution in [-0.2, 0) is 9.59 Å². The maximum absolute atomic E-state index is 11.7. The fraction of sp³-hybridized carbons (Fsp3) is 0.667. The molecule has 1 aliphatic carbocycles. The summed E-state index contributed by atoms with van der Waals surface area (Å²) in [5.74, 6) is 3.72. The molecular weight excluding hydrogens is 206 g/mol. The number of nitrogens with one attached hydrogen (secondary N) is 1. The Labute approximate surface area is 95.4 Å². The third kappa shape index (κ3) is 2.99. The van der Waals surface area contributed by atoms with Crippen LogP contribution >= 0.6 is 0 Å². The van der Waals surface area contributed by atoms with E-state index in [1.54, 1.807) is 6.92 Å². The van der Waals surface area contributed by atoms with Crippen LogP contribution < -0.4 is 5.32 Å². The highest BCUT2D eigenvalue weighted by Gasteiger charge is 2.40. The monoisotopic (exact) mass is 223 g/mol. The number of hydrogen-bond acceptors (Lipinski definition) is 2. The number of aliphatic carboxylic acids is 1. The Kier molecular flexibility index (Phi) is 4.36. The molecule has 1 saturated carbocycles. The molecule has 0 bridgehead atoms. The standard InChI is InChI=1S/C12H17NO3/c1-3-4-5-13-11(14)9-6-8(2)7-10(9)12(15)16/h8-10H,5-7H2,1-2H3,(H,13,14)(H,15,16). The lowest BCUT2D eigenvalue weighted by molar-refractivity contribution is -0.146. The molecule has 0 heterocycles. The van der Waals surface area contributed by atoms with Crippen molar-refractivity contribution in [2.45, 2.75) is 26.7 Å². The van der Waals surface area contributed by atoms with Gasteiger partial charge in [0.1, 0.15) is 0 Å². The highest BCUT2D eigenvalue weighted by Crippen LogP contribution is 2.36. The third-order valence-corrected chi connectivity index (χ3v) is 2.98. The third-order valence-electron chi connectivity index (χ3n) is 2.98. The first-order chi connectivity index (χ1) is 7.56. The van der Waals surface area contributed by atoms with Gasteiger partial charge in [-0.1, -0.05) is 12.8 Å². The number of amides is 1. The van der Waals surface area contributed by atoms with E-state index in [9.17, 15) is 9.59 Å². The topological polar surface area (TPSA) is 66.4 Å². The molecule has 16 heavy (non-hydrogen) atoms. The minimum atomic E-state index is -0.869. The van der Waals surface area contributed by atoms with E-state index < -0.39 is 17.8 Å². The summed E-state index contributed by atoms with van der Waals surface area (Å²) in [6.45, 7) is 3.98. The molecule has 1 rings (SSSR count). The quantitative estimate of drug-likeness (QED) is 0.698. The maximum atomic E-state index is 11.7. The van der Waals surface area contributed by atoms with Crippen molar-refractivity contribution in [1.82, 2.24) is 5.32 Å². The first-order valence-electron chi connectivity index (χ1n) is 5.46. The Hall–Kier alpha value is -1.50. The average Bonchev–Trinajstić information content (AvgIpc) is 2.61. The van der Waals surface area contributed by atoms with Gasteiger partial charge in [-0.15, -0.1) is 5.92 Å². The number of hydrogen-bond donors (Lipinski definition) is 2. The number of rotatable bonds is 3. The molecule has 0 aromatic carbocycles. The summed E-state index contributed by atoms with van der Waals surface area (Å²) in [6, 6.07) is 0. The molecule has 4 nitrogen and oxygen atoms in total. The van der Waals surface area contributed by atoms with Crippen LogP contribution in [0.4, 0.5) is 0 Å². The molecule has 1 aliphatic rings. The molecule has 0 radical (unpaired) electrons. The summed E-state index contributed by atoms with van der Waals surface area (Å²) in [7, 11) is 0. The van der Waals surface area contributed by atoms with Crippen molar-refractivity contribution < 1.29 is 14.7 Å². The van der Waals surface area contributed by atoms with Crippen molar-refractivity contribution >= 4 is 11.9 Å². The van der Waals surface area contributed by atoms with E-state index in [1.807, 2.05) is 6.92 Å². The van der Waals surface area contributed by atoms with Crippen LogP contribution in [-0.4, -0.2) is 23.5 Å². The maximum Gasteiger partial charge on any atom is 0.307 e. The van der Waals surface area contributed by atoms with Crippen molar-refractivity contribution in [3.8, 4) is 11.8 Å². The van der Waals surface area contributed by atoms with E-state index in [4.69, 9.17) is 5.11 Å². The Morgan fingerprint density at radius 2 is 2.00 bits per heavy atom. The highest BCUT2D eigenvalue weighted by molar-refractivity contribution is 5.85. The largest absolute Gasteiger partial charge is 0.481 e. The second-order valence-electron chi connectivity index (χ2n) is 4.27. The average molecular weight is 223 g/mol. The first-order valence-corrected chi connectivity index (χ1v) is 5.46. The van der Waals surface area contributed by atoms with Gasteiger partial charge in [-0.2, -0.15) is 0 Å². The molecule has 1 amide bonds. The van der Waals surface area contributed by atoms with Gasteiger partial charge in [0.05, 0.1) is 18.4 Å². The Bertz CT molecular complexity index is 340. The number of carbonyl (C=O) groups excluding carboxylic acids is 1. The number of carbonyl (C=O) groups is 2. The van der Waals surface area contributed by atoms with Crippen molar-refractivity contribution in [1.29, 1.82) is 0 Å². The zero-order valence-corrected chi connectivity index (χ0v) is 9.62. The summed E-state index contributed by atoms with van der Waals surface area (Å²) in [5.41, 5.74) is 0. The van der Waals surface area contributed by atoms with Gasteiger partial charge < -0.3 is 10.4 Å². The molecule has 3 atom stereocenters. The zero-order chi connectivity index (χ0) is 12.1. The predicted octanol–water partition coefficient (Wildman–Crippen LogP) is 0.873. The molecule has 0 aromatic heterocycles. The normalized spacial score (nSPS) is 28.0. The summed E-state index contributed by atoms with van der Waals surface area (Å²) in [6.07, 6.45) is 1.25. The summed E-state index contributed by atoms with van der Waals surface area (Å²) in [5, 5.41) is 11.7. The van der Waals surface area contributed by atoms with E-state index in [-0.39, 0.29) is 5.91 Å². The van der Waals surface area contributed by atoms with E-state index in [1.165, 1.54) is 0 Å². The van der Waals surface area contributed by atoms with Crippen molar-refractivity contribution in [2.75, 3.05) is 6.54 Å². The fourth-order valence-corrected chi connectivity index (χ4v) is 2.21. The van der Waals surface area contributed by atoms with Gasteiger partial charge >= 0.3 is 5.97 Å². The Morgan fingerprint density at radius 1 is 1.38 bits per heavy atom. The smallest absolute Gasteiger partial charge is 0.307 e. The molecule has 0 aromatic rings.